The van der Waals surface area contributed by atoms with Crippen LogP contribution in [0.3, 0.4) is 0 Å². The first-order valence-corrected chi connectivity index (χ1v) is 3.62. The van der Waals surface area contributed by atoms with Crippen molar-refractivity contribution >= 4 is 5.78 Å². The van der Waals surface area contributed by atoms with Crippen molar-refractivity contribution in [1.29, 1.82) is 0 Å². The minimum absolute atomic E-state index is 0.0177. The molecular formula is C9H12O. The van der Waals surface area contributed by atoms with E-state index in [1.807, 2.05) is 6.92 Å². The second-order valence-electron chi connectivity index (χ2n) is 3.09. The third kappa shape index (κ3) is 1.39. The molecule has 10 heavy (non-hydrogen) atoms. The Balaban J connectivity index is 2.40. The molecule has 0 heterocycles. The predicted molar refractivity (Wildman–Crippen MR) is 40.4 cm³/mol. The van der Waals surface area contributed by atoms with E-state index in [2.05, 4.69) is 11.8 Å². The quantitative estimate of drug-likeness (QED) is 0.529. The Morgan fingerprint density at radius 2 is 2.20 bits per heavy atom. The largest absolute Gasteiger partial charge is 0.298 e. The molecule has 0 aliphatic heterocycles. The van der Waals surface area contributed by atoms with Gasteiger partial charge >= 0.3 is 0 Å². The summed E-state index contributed by atoms with van der Waals surface area (Å²) in [5.41, 5.74) is 0.0177. The topological polar surface area (TPSA) is 17.1 Å². The van der Waals surface area contributed by atoms with Crippen molar-refractivity contribution in [2.75, 3.05) is 0 Å². The highest BCUT2D eigenvalue weighted by Gasteiger charge is 2.43. The maximum absolute atomic E-state index is 11.2. The Labute approximate surface area is 61.8 Å². The average molecular weight is 136 g/mol. The van der Waals surface area contributed by atoms with Gasteiger partial charge < -0.3 is 0 Å². The molecule has 1 aliphatic rings. The number of ketones is 1. The molecule has 1 nitrogen and oxygen atoms in total. The van der Waals surface area contributed by atoms with E-state index in [0.29, 0.717) is 12.2 Å². The van der Waals surface area contributed by atoms with Crippen LogP contribution in [0.15, 0.2) is 0 Å². The lowest BCUT2D eigenvalue weighted by atomic mass is 10.0. The molecule has 0 aromatic rings. The fraction of sp³-hybridized carbons (Fsp3) is 0.667. The Morgan fingerprint density at radius 3 is 2.60 bits per heavy atom. The van der Waals surface area contributed by atoms with Crippen LogP contribution in [0.4, 0.5) is 0 Å². The van der Waals surface area contributed by atoms with E-state index < -0.39 is 0 Å². The van der Waals surface area contributed by atoms with Gasteiger partial charge in [0.1, 0.15) is 0 Å². The van der Waals surface area contributed by atoms with Gasteiger partial charge in [-0.1, -0.05) is 12.8 Å². The Bertz CT molecular complexity index is 201. The number of hydrogen-bond acceptors (Lipinski definition) is 1. The molecule has 0 bridgehead atoms. The Kier molecular flexibility index (Phi) is 1.80. The van der Waals surface area contributed by atoms with E-state index in [1.54, 1.807) is 6.92 Å². The summed E-state index contributed by atoms with van der Waals surface area (Å²) in [6.45, 7) is 3.79. The predicted octanol–water partition coefficient (Wildman–Crippen LogP) is 1.77. The molecule has 0 saturated heterocycles. The van der Waals surface area contributed by atoms with Gasteiger partial charge in [0.15, 0.2) is 5.78 Å². The number of carbonyl (C=O) groups excluding carboxylic acids is 1. The summed E-state index contributed by atoms with van der Waals surface area (Å²) in [5.74, 6) is 5.84. The lowest BCUT2D eigenvalue weighted by Crippen LogP contribution is -2.09. The summed E-state index contributed by atoms with van der Waals surface area (Å²) in [6.07, 6.45) is 2.58. The molecule has 0 unspecified atom stereocenters. The van der Waals surface area contributed by atoms with E-state index >= 15 is 0 Å². The number of rotatable bonds is 2. The van der Waals surface area contributed by atoms with Crippen molar-refractivity contribution in [1.82, 2.24) is 0 Å². The van der Waals surface area contributed by atoms with Crippen LogP contribution >= 0.6 is 0 Å². The SMILES string of the molecule is CC#CCC(=O)C1(C)CC1. The minimum Gasteiger partial charge on any atom is -0.298 e. The first kappa shape index (κ1) is 7.34. The highest BCUT2D eigenvalue weighted by Crippen LogP contribution is 2.46. The van der Waals surface area contributed by atoms with Crippen LogP contribution in [0.5, 0.6) is 0 Å². The van der Waals surface area contributed by atoms with E-state index in [9.17, 15) is 4.79 Å². The van der Waals surface area contributed by atoms with Gasteiger partial charge in [-0.3, -0.25) is 4.79 Å². The fourth-order valence-electron chi connectivity index (χ4n) is 0.848. The van der Waals surface area contributed by atoms with Crippen LogP contribution < -0.4 is 0 Å². The molecule has 1 saturated carbocycles. The van der Waals surface area contributed by atoms with Gasteiger partial charge in [0, 0.05) is 5.41 Å². The molecule has 0 aromatic heterocycles. The van der Waals surface area contributed by atoms with E-state index in [0.717, 1.165) is 12.8 Å². The lowest BCUT2D eigenvalue weighted by molar-refractivity contribution is -0.122. The first-order valence-electron chi connectivity index (χ1n) is 3.62. The molecule has 0 N–H and O–H groups in total. The molecular weight excluding hydrogens is 124 g/mol. The third-order valence-electron chi connectivity index (χ3n) is 2.10. The van der Waals surface area contributed by atoms with Crippen LogP contribution in [0.25, 0.3) is 0 Å². The summed E-state index contributed by atoms with van der Waals surface area (Å²) < 4.78 is 0. The van der Waals surface area contributed by atoms with Crippen LogP contribution in [0.2, 0.25) is 0 Å². The zero-order valence-corrected chi connectivity index (χ0v) is 6.53. The summed E-state index contributed by atoms with van der Waals surface area (Å²) in [7, 11) is 0. The number of Topliss-reactive ketones (excluding diaryl/α,β-unsaturated/α-hetero) is 1. The van der Waals surface area contributed by atoms with Crippen LogP contribution in [-0.2, 0) is 4.79 Å². The van der Waals surface area contributed by atoms with Crippen LogP contribution in [0, 0.1) is 17.3 Å². The van der Waals surface area contributed by atoms with Crippen molar-refractivity contribution in [3.63, 3.8) is 0 Å². The van der Waals surface area contributed by atoms with Gasteiger partial charge in [-0.15, -0.1) is 5.92 Å². The van der Waals surface area contributed by atoms with Gasteiger partial charge in [0.05, 0.1) is 6.42 Å². The van der Waals surface area contributed by atoms with E-state index in [1.165, 1.54) is 0 Å². The molecule has 0 atom stereocenters. The number of carbonyl (C=O) groups is 1. The second-order valence-corrected chi connectivity index (χ2v) is 3.09. The van der Waals surface area contributed by atoms with Crippen molar-refractivity contribution in [3.05, 3.63) is 0 Å². The van der Waals surface area contributed by atoms with Crippen LogP contribution in [-0.4, -0.2) is 5.78 Å². The summed E-state index contributed by atoms with van der Waals surface area (Å²) in [6, 6.07) is 0. The second kappa shape index (κ2) is 2.46. The molecule has 1 aliphatic carbocycles. The van der Waals surface area contributed by atoms with Gasteiger partial charge in [0.25, 0.3) is 0 Å². The summed E-state index contributed by atoms with van der Waals surface area (Å²) in [5, 5.41) is 0. The molecule has 1 heteroatoms. The van der Waals surface area contributed by atoms with E-state index in [4.69, 9.17) is 0 Å². The molecule has 0 aromatic carbocycles. The first-order chi connectivity index (χ1) is 4.69. The Hall–Kier alpha value is -0.770. The zero-order valence-electron chi connectivity index (χ0n) is 6.53. The van der Waals surface area contributed by atoms with E-state index in [-0.39, 0.29) is 5.41 Å². The monoisotopic (exact) mass is 136 g/mol. The van der Waals surface area contributed by atoms with Gasteiger partial charge in [-0.2, -0.15) is 0 Å². The maximum Gasteiger partial charge on any atom is 0.150 e. The average Bonchev–Trinajstić information content (AvgIpc) is 2.64. The minimum atomic E-state index is 0.0177. The van der Waals surface area contributed by atoms with Gasteiger partial charge in [-0.25, -0.2) is 0 Å². The van der Waals surface area contributed by atoms with Crippen LogP contribution in [0.1, 0.15) is 33.1 Å². The van der Waals surface area contributed by atoms with Gasteiger partial charge in [-0.05, 0) is 19.8 Å². The summed E-state index contributed by atoms with van der Waals surface area (Å²) in [4.78, 5) is 11.2. The highest BCUT2D eigenvalue weighted by molar-refractivity contribution is 5.88. The normalized spacial score (nSPS) is 19.0. The zero-order chi connectivity index (χ0) is 7.61. The van der Waals surface area contributed by atoms with Crippen molar-refractivity contribution < 1.29 is 4.79 Å². The molecule has 0 radical (unpaired) electrons. The molecule has 1 fully saturated rings. The van der Waals surface area contributed by atoms with Crippen molar-refractivity contribution in [2.45, 2.75) is 33.1 Å². The van der Waals surface area contributed by atoms with Gasteiger partial charge in [0.2, 0.25) is 0 Å². The van der Waals surface area contributed by atoms with Crippen molar-refractivity contribution in [2.24, 2.45) is 5.41 Å². The fourth-order valence-corrected chi connectivity index (χ4v) is 0.848. The third-order valence-corrected chi connectivity index (χ3v) is 2.10. The maximum atomic E-state index is 11.2. The number of hydrogen-bond donors (Lipinski definition) is 0. The lowest BCUT2D eigenvalue weighted by Gasteiger charge is -2.00. The molecule has 54 valence electrons. The smallest absolute Gasteiger partial charge is 0.150 e. The Morgan fingerprint density at radius 1 is 1.60 bits per heavy atom. The highest BCUT2D eigenvalue weighted by atomic mass is 16.1. The standard InChI is InChI=1S/C9H12O/c1-3-4-5-8(10)9(2)6-7-9/h5-7H2,1-2H3. The van der Waals surface area contributed by atoms with Crippen molar-refractivity contribution in [3.8, 4) is 11.8 Å². The molecule has 1 rings (SSSR count). The molecule has 0 spiro atoms. The molecule has 0 amide bonds. The summed E-state index contributed by atoms with van der Waals surface area (Å²) >= 11 is 0.